The van der Waals surface area contributed by atoms with E-state index in [2.05, 4.69) is 0 Å². The maximum absolute atomic E-state index is 6.25. The average Bonchev–Trinajstić information content (AvgIpc) is 1.00. The largest absolute Gasteiger partial charge is 1.00 e. The fraction of sp³-hybridized carbons (Fsp3) is 0. The third-order valence-corrected chi connectivity index (χ3v) is 0. The van der Waals surface area contributed by atoms with Gasteiger partial charge in [0.25, 0.3) is 0 Å². The Bertz CT molecular complexity index is 12.8. The van der Waals surface area contributed by atoms with Crippen molar-refractivity contribution in [1.29, 1.82) is 5.26 Å². The zero-order valence-corrected chi connectivity index (χ0v) is 5.40. The van der Waals surface area contributed by atoms with Crippen LogP contribution in [0.3, 0.4) is 0 Å². The standard InChI is InChI=1S/CN.Fe.Na/c1-2;;/q-1;;+1. The van der Waals surface area contributed by atoms with Crippen molar-refractivity contribution in [3.8, 4) is 0 Å². The molecule has 0 unspecified atom stereocenters. The fourth-order valence-corrected chi connectivity index (χ4v) is 0. The minimum absolute atomic E-state index is 0. The molecule has 0 spiro atoms. The van der Waals surface area contributed by atoms with E-state index in [4.69, 9.17) is 11.8 Å². The molecule has 0 amide bonds. The molecule has 0 rings (SSSR count). The van der Waals surface area contributed by atoms with Gasteiger partial charge < -0.3 is 11.8 Å². The molecule has 0 radical (unpaired) electrons. The van der Waals surface area contributed by atoms with Crippen molar-refractivity contribution in [2.75, 3.05) is 0 Å². The molecule has 1 nitrogen and oxygen atoms in total. The first kappa shape index (κ1) is 19.9. The molecule has 0 aliphatic rings. The van der Waals surface area contributed by atoms with E-state index in [1.54, 1.807) is 0 Å². The van der Waals surface area contributed by atoms with Crippen LogP contribution in [0, 0.1) is 11.8 Å². The zero-order chi connectivity index (χ0) is 2.00. The number of hydrogen-bond acceptors (Lipinski definition) is 1. The van der Waals surface area contributed by atoms with Gasteiger partial charge in [-0.3, -0.25) is 0 Å². The summed E-state index contributed by atoms with van der Waals surface area (Å²) in [6.07, 6.45) is 0. The average molecular weight is 105 g/mol. The van der Waals surface area contributed by atoms with E-state index in [0.717, 1.165) is 0 Å². The first-order chi connectivity index (χ1) is 1.00. The molecule has 0 aliphatic carbocycles. The summed E-state index contributed by atoms with van der Waals surface area (Å²) in [6, 6.07) is 0. The maximum Gasteiger partial charge on any atom is 1.00 e. The molecule has 0 atom stereocenters. The quantitative estimate of drug-likeness (QED) is 0.239. The van der Waals surface area contributed by atoms with Gasteiger partial charge in [0, 0.05) is 17.1 Å². The van der Waals surface area contributed by atoms with E-state index in [9.17, 15) is 0 Å². The van der Waals surface area contributed by atoms with Crippen LogP contribution in [0.5, 0.6) is 0 Å². The minimum atomic E-state index is 0. The van der Waals surface area contributed by atoms with Crippen LogP contribution in [0.25, 0.3) is 0 Å². The van der Waals surface area contributed by atoms with E-state index >= 15 is 0 Å². The molecule has 3 heteroatoms. The van der Waals surface area contributed by atoms with Gasteiger partial charge in [-0.1, -0.05) is 0 Å². The maximum atomic E-state index is 6.25. The third-order valence-electron chi connectivity index (χ3n) is 0. The van der Waals surface area contributed by atoms with E-state index in [-0.39, 0.29) is 46.6 Å². The van der Waals surface area contributed by atoms with Crippen molar-refractivity contribution < 1.29 is 46.6 Å². The third kappa shape index (κ3) is 11.9. The van der Waals surface area contributed by atoms with Crippen LogP contribution in [-0.2, 0) is 17.1 Å². The normalized spacial score (nSPS) is 0.500. The smallest absolute Gasteiger partial charge is 0.512 e. The van der Waals surface area contributed by atoms with Gasteiger partial charge in [0.1, 0.15) is 0 Å². The Hall–Kier alpha value is 1.01. The topological polar surface area (TPSA) is 23.8 Å². The van der Waals surface area contributed by atoms with Crippen LogP contribution >= 0.6 is 0 Å². The first-order valence-electron chi connectivity index (χ1n) is 0.224. The molecule has 0 aromatic carbocycles. The molecule has 0 saturated carbocycles. The van der Waals surface area contributed by atoms with Crippen LogP contribution < -0.4 is 29.6 Å². The molecule has 0 aromatic rings. The molecule has 0 aliphatic heterocycles. The summed E-state index contributed by atoms with van der Waals surface area (Å²) in [5, 5.41) is 6.25. The molecule has 0 N–H and O–H groups in total. The van der Waals surface area contributed by atoms with Crippen molar-refractivity contribution in [2.45, 2.75) is 0 Å². The predicted octanol–water partition coefficient (Wildman–Crippen LogP) is -2.90. The second-order valence-corrected chi connectivity index (χ2v) is 0. The van der Waals surface area contributed by atoms with Gasteiger partial charge >= 0.3 is 29.6 Å². The molecular weight excluding hydrogens is 105 g/mol. The van der Waals surface area contributed by atoms with Gasteiger partial charge in [-0.15, -0.1) is 0 Å². The summed E-state index contributed by atoms with van der Waals surface area (Å²) in [5.41, 5.74) is 0. The molecule has 18 valence electrons. The molecule has 0 fully saturated rings. The number of hydrogen-bond donors (Lipinski definition) is 0. The van der Waals surface area contributed by atoms with Crippen molar-refractivity contribution in [3.05, 3.63) is 6.57 Å². The summed E-state index contributed by atoms with van der Waals surface area (Å²) >= 11 is 0. The second-order valence-electron chi connectivity index (χ2n) is 0. The summed E-state index contributed by atoms with van der Waals surface area (Å²) in [5.74, 6) is 0. The van der Waals surface area contributed by atoms with E-state index in [0.29, 0.717) is 0 Å². The summed E-state index contributed by atoms with van der Waals surface area (Å²) in [6.45, 7) is 4.75. The summed E-state index contributed by atoms with van der Waals surface area (Å²) in [4.78, 5) is 0. The van der Waals surface area contributed by atoms with Gasteiger partial charge in [0.05, 0.1) is 0 Å². The Kier molecular flexibility index (Phi) is 178. The van der Waals surface area contributed by atoms with Crippen molar-refractivity contribution >= 4 is 0 Å². The van der Waals surface area contributed by atoms with Crippen LogP contribution in [0.4, 0.5) is 0 Å². The van der Waals surface area contributed by atoms with Gasteiger partial charge in [-0.2, -0.15) is 0 Å². The molecule has 0 aromatic heterocycles. The molecule has 4 heavy (non-hydrogen) atoms. The SMILES string of the molecule is [C-]#N.[Fe].[Na+]. The Morgan fingerprint density at radius 1 is 1.25 bits per heavy atom. The van der Waals surface area contributed by atoms with E-state index in [1.165, 1.54) is 0 Å². The van der Waals surface area contributed by atoms with Crippen LogP contribution in [0.1, 0.15) is 0 Å². The first-order valence-corrected chi connectivity index (χ1v) is 0.224. The Morgan fingerprint density at radius 3 is 1.25 bits per heavy atom. The summed E-state index contributed by atoms with van der Waals surface area (Å²) < 4.78 is 0. The van der Waals surface area contributed by atoms with E-state index in [1.807, 2.05) is 0 Å². The molecule has 0 bridgehead atoms. The monoisotopic (exact) mass is 105 g/mol. The minimum Gasteiger partial charge on any atom is -0.512 e. The van der Waals surface area contributed by atoms with Crippen molar-refractivity contribution in [1.82, 2.24) is 0 Å². The zero-order valence-electron chi connectivity index (χ0n) is 2.30. The van der Waals surface area contributed by atoms with E-state index < -0.39 is 0 Å². The predicted molar refractivity (Wildman–Crippen MR) is 4.97 cm³/mol. The Morgan fingerprint density at radius 2 is 1.25 bits per heavy atom. The van der Waals surface area contributed by atoms with Gasteiger partial charge in [-0.05, 0) is 0 Å². The number of rotatable bonds is 0. The van der Waals surface area contributed by atoms with Crippen LogP contribution in [-0.4, -0.2) is 0 Å². The van der Waals surface area contributed by atoms with Crippen molar-refractivity contribution in [3.63, 3.8) is 0 Å². The Labute approximate surface area is 58.1 Å². The molecule has 0 saturated heterocycles. The van der Waals surface area contributed by atoms with Crippen molar-refractivity contribution in [2.24, 2.45) is 0 Å². The van der Waals surface area contributed by atoms with Gasteiger partial charge in [0.15, 0.2) is 0 Å². The van der Waals surface area contributed by atoms with Gasteiger partial charge in [-0.25, -0.2) is 0 Å². The van der Waals surface area contributed by atoms with Gasteiger partial charge in [0.2, 0.25) is 0 Å². The summed E-state index contributed by atoms with van der Waals surface area (Å²) in [7, 11) is 0. The molecule has 0 heterocycles. The Balaban J connectivity index is -0.00000000500. The molecular formula is CFeNNa. The second kappa shape index (κ2) is 35.6. The van der Waals surface area contributed by atoms with Crippen LogP contribution in [0.15, 0.2) is 0 Å². The fourth-order valence-electron chi connectivity index (χ4n) is 0. The number of nitrogens with zero attached hydrogens (tertiary/aromatic N) is 1. The van der Waals surface area contributed by atoms with Crippen LogP contribution in [0.2, 0.25) is 0 Å².